The van der Waals surface area contributed by atoms with E-state index in [1.54, 1.807) is 30.1 Å². The van der Waals surface area contributed by atoms with Gasteiger partial charge in [0.25, 0.3) is 0 Å². The number of hydrogen-bond acceptors (Lipinski definition) is 4. The Labute approximate surface area is 144 Å². The van der Waals surface area contributed by atoms with Crippen LogP contribution < -0.4 is 0 Å². The molecule has 3 heterocycles. The molecule has 0 amide bonds. The Balaban J connectivity index is 1.82. The van der Waals surface area contributed by atoms with Crippen LogP contribution in [0.3, 0.4) is 0 Å². The molecule has 0 N–H and O–H groups in total. The maximum atomic E-state index is 13.0. The van der Waals surface area contributed by atoms with Gasteiger partial charge in [-0.05, 0) is 24.6 Å². The third-order valence-corrected chi connectivity index (χ3v) is 4.50. The predicted molar refractivity (Wildman–Crippen MR) is 98.8 cm³/mol. The molecular weight excluding hydrogens is 321 g/mol. The molecule has 0 unspecified atom stereocenters. The first kappa shape index (κ1) is 16.3. The predicted octanol–water partition coefficient (Wildman–Crippen LogP) is 5.11. The molecule has 0 radical (unpaired) electrons. The fourth-order valence-electron chi connectivity index (χ4n) is 2.23. The monoisotopic (exact) mass is 337 g/mol. The number of halogens is 1. The highest BCUT2D eigenvalue weighted by atomic mass is 32.2. The molecule has 2 aromatic heterocycles. The highest BCUT2D eigenvalue weighted by molar-refractivity contribution is 8.22. The van der Waals surface area contributed by atoms with Gasteiger partial charge >= 0.3 is 0 Å². The minimum atomic E-state index is -0.495. The first-order valence-electron chi connectivity index (χ1n) is 7.55. The van der Waals surface area contributed by atoms with Crippen molar-refractivity contribution >= 4 is 27.4 Å². The molecule has 120 valence electrons. The van der Waals surface area contributed by atoms with Crippen LogP contribution in [0.25, 0.3) is 10.6 Å². The Morgan fingerprint density at radius 1 is 1.33 bits per heavy atom. The topological polar surface area (TPSA) is 38.1 Å². The Bertz CT molecular complexity index is 808. The summed E-state index contributed by atoms with van der Waals surface area (Å²) in [6.45, 7) is 3.73. The zero-order valence-corrected chi connectivity index (χ0v) is 13.8. The lowest BCUT2D eigenvalue weighted by atomic mass is 10.2. The minimum Gasteiger partial charge on any atom is -0.264 e. The van der Waals surface area contributed by atoms with E-state index in [-0.39, 0.29) is 0 Å². The molecule has 3 nitrogen and oxygen atoms in total. The van der Waals surface area contributed by atoms with Gasteiger partial charge in [0.2, 0.25) is 5.95 Å². The van der Waals surface area contributed by atoms with Crippen molar-refractivity contribution in [3.63, 3.8) is 0 Å². The summed E-state index contributed by atoms with van der Waals surface area (Å²) in [5.41, 5.74) is 2.67. The highest BCUT2D eigenvalue weighted by Crippen LogP contribution is 2.36. The molecule has 1 aliphatic rings. The van der Waals surface area contributed by atoms with Gasteiger partial charge in [-0.2, -0.15) is 4.39 Å². The van der Waals surface area contributed by atoms with E-state index in [4.69, 9.17) is 4.99 Å². The fourth-order valence-corrected chi connectivity index (χ4v) is 3.20. The van der Waals surface area contributed by atoms with Crippen molar-refractivity contribution in [2.75, 3.05) is 0 Å². The molecule has 0 spiro atoms. The Hall–Kier alpha value is -2.53. The van der Waals surface area contributed by atoms with Crippen LogP contribution in [0.4, 0.5) is 4.39 Å². The van der Waals surface area contributed by atoms with Gasteiger partial charge in [0, 0.05) is 41.0 Å². The van der Waals surface area contributed by atoms with Gasteiger partial charge in [-0.1, -0.05) is 36.1 Å². The summed E-state index contributed by atoms with van der Waals surface area (Å²) in [6.07, 6.45) is 12.5. The molecule has 1 aliphatic heterocycles. The smallest absolute Gasteiger partial charge is 0.212 e. The van der Waals surface area contributed by atoms with E-state index in [2.05, 4.69) is 22.6 Å². The van der Waals surface area contributed by atoms with Crippen LogP contribution in [0.5, 0.6) is 0 Å². The number of thioether (sulfide) groups is 1. The third-order valence-electron chi connectivity index (χ3n) is 3.38. The van der Waals surface area contributed by atoms with Crippen molar-refractivity contribution in [2.45, 2.75) is 12.8 Å². The molecule has 5 heteroatoms. The molecule has 3 rings (SSSR count). The molecule has 0 aliphatic carbocycles. The van der Waals surface area contributed by atoms with Crippen molar-refractivity contribution < 1.29 is 4.39 Å². The Kier molecular flexibility index (Phi) is 5.33. The van der Waals surface area contributed by atoms with Crippen LogP contribution in [-0.4, -0.2) is 15.0 Å². The summed E-state index contributed by atoms with van der Waals surface area (Å²) in [5.74, 6) is -0.495. The summed E-state index contributed by atoms with van der Waals surface area (Å²) in [4.78, 5) is 13.8. The molecular formula is C19H16FN3S. The lowest BCUT2D eigenvalue weighted by Gasteiger charge is -2.05. The third kappa shape index (κ3) is 4.06. The molecule has 0 bridgehead atoms. The number of allylic oxidation sites excluding steroid dienone is 3. The van der Waals surface area contributed by atoms with Crippen molar-refractivity contribution in [1.29, 1.82) is 0 Å². The second-order valence-electron chi connectivity index (χ2n) is 5.11. The average Bonchev–Trinajstić information content (AvgIpc) is 3.09. The van der Waals surface area contributed by atoms with Crippen LogP contribution in [0, 0.1) is 5.95 Å². The van der Waals surface area contributed by atoms with E-state index in [0.29, 0.717) is 6.42 Å². The summed E-state index contributed by atoms with van der Waals surface area (Å²) in [6, 6.07) is 6.99. The van der Waals surface area contributed by atoms with E-state index in [9.17, 15) is 4.39 Å². The lowest BCUT2D eigenvalue weighted by molar-refractivity contribution is 0.583. The molecule has 0 saturated carbocycles. The summed E-state index contributed by atoms with van der Waals surface area (Å²) in [5, 5.41) is 0.994. The SMILES string of the molecule is C=CC/C=C(\N=C1CC=C(c2cccnc2)S1)c1ccc(F)nc1. The molecule has 2 aromatic rings. The molecule has 0 saturated heterocycles. The number of aromatic nitrogens is 2. The van der Waals surface area contributed by atoms with Crippen LogP contribution in [-0.2, 0) is 0 Å². The van der Waals surface area contributed by atoms with Crippen LogP contribution >= 0.6 is 11.8 Å². The number of rotatable bonds is 5. The van der Waals surface area contributed by atoms with Crippen molar-refractivity contribution in [1.82, 2.24) is 9.97 Å². The van der Waals surface area contributed by atoms with Gasteiger partial charge in [-0.25, -0.2) is 9.98 Å². The second kappa shape index (κ2) is 7.84. The fraction of sp³-hybridized carbons (Fsp3) is 0.105. The van der Waals surface area contributed by atoms with E-state index in [1.807, 2.05) is 24.4 Å². The van der Waals surface area contributed by atoms with Crippen LogP contribution in [0.1, 0.15) is 24.0 Å². The molecule has 0 aromatic carbocycles. The van der Waals surface area contributed by atoms with E-state index in [0.717, 1.165) is 33.2 Å². The zero-order chi connectivity index (χ0) is 16.8. The molecule has 0 atom stereocenters. The number of hydrogen-bond donors (Lipinski definition) is 0. The summed E-state index contributed by atoms with van der Waals surface area (Å²) in [7, 11) is 0. The van der Waals surface area contributed by atoms with Crippen molar-refractivity contribution in [3.8, 4) is 0 Å². The minimum absolute atomic E-state index is 0.495. The maximum Gasteiger partial charge on any atom is 0.212 e. The van der Waals surface area contributed by atoms with Crippen molar-refractivity contribution in [3.05, 3.63) is 84.7 Å². The Morgan fingerprint density at radius 2 is 2.25 bits per heavy atom. The first-order chi connectivity index (χ1) is 11.8. The maximum absolute atomic E-state index is 13.0. The Morgan fingerprint density at radius 3 is 2.96 bits per heavy atom. The summed E-state index contributed by atoms with van der Waals surface area (Å²) >= 11 is 1.63. The standard InChI is InChI=1S/C19H16FN3S/c1-2-3-6-16(14-7-9-18(20)22-13-14)23-19-10-8-17(24-19)15-5-4-11-21-12-15/h2,4-9,11-13H,1,3,10H2/b16-6-,23-19?. The van der Waals surface area contributed by atoms with Gasteiger partial charge in [-0.15, -0.1) is 6.58 Å². The van der Waals surface area contributed by atoms with E-state index < -0.39 is 5.95 Å². The van der Waals surface area contributed by atoms with Gasteiger partial charge in [-0.3, -0.25) is 4.98 Å². The van der Waals surface area contributed by atoms with E-state index in [1.165, 1.54) is 12.3 Å². The van der Waals surface area contributed by atoms with Crippen LogP contribution in [0.2, 0.25) is 0 Å². The van der Waals surface area contributed by atoms with Crippen molar-refractivity contribution in [2.24, 2.45) is 4.99 Å². The normalized spacial score (nSPS) is 16.3. The highest BCUT2D eigenvalue weighted by Gasteiger charge is 2.15. The average molecular weight is 337 g/mol. The second-order valence-corrected chi connectivity index (χ2v) is 6.22. The first-order valence-corrected chi connectivity index (χ1v) is 8.37. The summed E-state index contributed by atoms with van der Waals surface area (Å²) < 4.78 is 13.0. The quantitative estimate of drug-likeness (QED) is 0.562. The van der Waals surface area contributed by atoms with E-state index >= 15 is 0 Å². The zero-order valence-electron chi connectivity index (χ0n) is 13.0. The number of pyridine rings is 2. The molecule has 0 fully saturated rings. The van der Waals surface area contributed by atoms with Gasteiger partial charge in [0.1, 0.15) is 0 Å². The lowest BCUT2D eigenvalue weighted by Crippen LogP contribution is -1.91. The van der Waals surface area contributed by atoms with Crippen LogP contribution in [0.15, 0.2) is 72.7 Å². The largest absolute Gasteiger partial charge is 0.264 e. The van der Waals surface area contributed by atoms with Gasteiger partial charge < -0.3 is 0 Å². The number of nitrogens with zero attached hydrogens (tertiary/aromatic N) is 3. The number of aliphatic imine (C=N–C) groups is 1. The molecule has 24 heavy (non-hydrogen) atoms. The van der Waals surface area contributed by atoms with Gasteiger partial charge in [0.05, 0.1) is 10.7 Å². The van der Waals surface area contributed by atoms with Gasteiger partial charge in [0.15, 0.2) is 0 Å².